The molecule has 19 heavy (non-hydrogen) atoms. The zero-order chi connectivity index (χ0) is 13.8. The lowest BCUT2D eigenvalue weighted by molar-refractivity contribution is 0.238. The van der Waals surface area contributed by atoms with Gasteiger partial charge in [0.25, 0.3) is 0 Å². The largest absolute Gasteiger partial charge is 0.312 e. The van der Waals surface area contributed by atoms with Crippen molar-refractivity contribution in [3.05, 3.63) is 34.9 Å². The molecule has 1 aliphatic heterocycles. The Labute approximate surface area is 118 Å². The van der Waals surface area contributed by atoms with E-state index in [1.165, 1.54) is 36.2 Å². The van der Waals surface area contributed by atoms with Gasteiger partial charge in [0.05, 0.1) is 0 Å². The van der Waals surface area contributed by atoms with Crippen LogP contribution in [0.3, 0.4) is 0 Å². The maximum Gasteiger partial charge on any atom is 0.0237 e. The average Bonchev–Trinajstić information content (AvgIpc) is 2.59. The van der Waals surface area contributed by atoms with E-state index in [1.54, 1.807) is 0 Å². The normalized spacial score (nSPS) is 21.6. The van der Waals surface area contributed by atoms with Gasteiger partial charge < -0.3 is 5.32 Å². The Kier molecular flexibility index (Phi) is 5.00. The molecule has 2 nitrogen and oxygen atoms in total. The fourth-order valence-corrected chi connectivity index (χ4v) is 2.83. The molecule has 0 saturated carbocycles. The van der Waals surface area contributed by atoms with Crippen LogP contribution in [-0.4, -0.2) is 30.6 Å². The fraction of sp³-hybridized carbons (Fsp3) is 0.647. The molecular formula is C17H28N2. The van der Waals surface area contributed by atoms with Gasteiger partial charge in [-0.05, 0) is 50.4 Å². The molecule has 2 rings (SSSR count). The van der Waals surface area contributed by atoms with Gasteiger partial charge in [0, 0.05) is 19.1 Å². The molecule has 1 aliphatic rings. The highest BCUT2D eigenvalue weighted by atomic mass is 15.2. The zero-order valence-electron chi connectivity index (χ0n) is 12.9. The molecule has 0 amide bonds. The maximum atomic E-state index is 3.68. The number of hydrogen-bond donors (Lipinski definition) is 1. The second-order valence-corrected chi connectivity index (χ2v) is 6.32. The van der Waals surface area contributed by atoms with Crippen molar-refractivity contribution < 1.29 is 0 Å². The first-order chi connectivity index (χ1) is 9.06. The van der Waals surface area contributed by atoms with Crippen LogP contribution in [0.25, 0.3) is 0 Å². The summed E-state index contributed by atoms with van der Waals surface area (Å²) in [5.41, 5.74) is 4.28. The number of rotatable bonds is 3. The van der Waals surface area contributed by atoms with E-state index in [9.17, 15) is 0 Å². The molecule has 1 saturated heterocycles. The van der Waals surface area contributed by atoms with Gasteiger partial charge in [-0.2, -0.15) is 0 Å². The average molecular weight is 260 g/mol. The summed E-state index contributed by atoms with van der Waals surface area (Å²) in [5.74, 6) is 0.708. The van der Waals surface area contributed by atoms with Crippen LogP contribution in [0, 0.1) is 19.8 Å². The number of hydrogen-bond acceptors (Lipinski definition) is 2. The van der Waals surface area contributed by atoms with Crippen molar-refractivity contribution in [1.82, 2.24) is 10.2 Å². The lowest BCUT2D eigenvalue weighted by Crippen LogP contribution is -2.41. The van der Waals surface area contributed by atoms with Crippen LogP contribution in [0.4, 0.5) is 0 Å². The minimum absolute atomic E-state index is 0.632. The quantitative estimate of drug-likeness (QED) is 0.898. The van der Waals surface area contributed by atoms with Gasteiger partial charge in [-0.1, -0.05) is 37.6 Å². The van der Waals surface area contributed by atoms with Gasteiger partial charge in [0.15, 0.2) is 0 Å². The van der Waals surface area contributed by atoms with Gasteiger partial charge in [-0.15, -0.1) is 0 Å². The van der Waals surface area contributed by atoms with E-state index in [1.807, 2.05) is 0 Å². The van der Waals surface area contributed by atoms with Crippen LogP contribution in [0.2, 0.25) is 0 Å². The number of nitrogens with one attached hydrogen (secondary N) is 1. The minimum Gasteiger partial charge on any atom is -0.312 e. The first-order valence-electron chi connectivity index (χ1n) is 7.58. The van der Waals surface area contributed by atoms with Crippen LogP contribution in [0.15, 0.2) is 18.2 Å². The van der Waals surface area contributed by atoms with Crippen molar-refractivity contribution in [2.75, 3.05) is 19.6 Å². The molecule has 1 heterocycles. The summed E-state index contributed by atoms with van der Waals surface area (Å²) >= 11 is 0. The molecule has 0 radical (unpaired) electrons. The van der Waals surface area contributed by atoms with E-state index in [0.29, 0.717) is 12.0 Å². The molecule has 0 aromatic heterocycles. The molecule has 0 aliphatic carbocycles. The van der Waals surface area contributed by atoms with Crippen LogP contribution in [0.5, 0.6) is 0 Å². The highest BCUT2D eigenvalue weighted by Crippen LogP contribution is 2.16. The molecule has 1 fully saturated rings. The van der Waals surface area contributed by atoms with Crippen LogP contribution in [0.1, 0.15) is 37.0 Å². The molecule has 1 atom stereocenters. The lowest BCUT2D eigenvalue weighted by Gasteiger charge is -2.27. The first kappa shape index (κ1) is 14.5. The minimum atomic E-state index is 0.632. The lowest BCUT2D eigenvalue weighted by atomic mass is 10.0. The second-order valence-electron chi connectivity index (χ2n) is 6.32. The van der Waals surface area contributed by atoms with Crippen LogP contribution < -0.4 is 5.32 Å². The van der Waals surface area contributed by atoms with Crippen molar-refractivity contribution in [2.24, 2.45) is 5.92 Å². The summed E-state index contributed by atoms with van der Waals surface area (Å²) in [5, 5.41) is 3.68. The Hall–Kier alpha value is -0.860. The van der Waals surface area contributed by atoms with Crippen molar-refractivity contribution in [3.63, 3.8) is 0 Å². The Bertz CT molecular complexity index is 412. The summed E-state index contributed by atoms with van der Waals surface area (Å²) in [6.07, 6.45) is 1.26. The molecule has 2 heteroatoms. The van der Waals surface area contributed by atoms with Gasteiger partial charge in [0.2, 0.25) is 0 Å². The zero-order valence-corrected chi connectivity index (χ0v) is 12.9. The topological polar surface area (TPSA) is 15.3 Å². The van der Waals surface area contributed by atoms with Gasteiger partial charge in [0.1, 0.15) is 0 Å². The predicted octanol–water partition coefficient (Wildman–Crippen LogP) is 3.12. The second kappa shape index (κ2) is 6.53. The summed E-state index contributed by atoms with van der Waals surface area (Å²) in [4.78, 5) is 2.62. The standard InChI is InChI=1S/C17H28N2/c1-13(2)17-12-19(9-5-8-18-17)11-16-10-14(3)6-7-15(16)4/h6-7,10,13,17-18H,5,8-9,11-12H2,1-4H3. The van der Waals surface area contributed by atoms with E-state index < -0.39 is 0 Å². The molecule has 0 spiro atoms. The van der Waals surface area contributed by atoms with Gasteiger partial charge >= 0.3 is 0 Å². The fourth-order valence-electron chi connectivity index (χ4n) is 2.83. The summed E-state index contributed by atoms with van der Waals surface area (Å²) in [6, 6.07) is 7.44. The molecule has 1 aromatic carbocycles. The van der Waals surface area contributed by atoms with Crippen molar-refractivity contribution in [2.45, 2.75) is 46.7 Å². The van der Waals surface area contributed by atoms with E-state index in [0.717, 1.165) is 13.1 Å². The molecular weight excluding hydrogens is 232 g/mol. The summed E-state index contributed by atoms with van der Waals surface area (Å²) in [6.45, 7) is 13.7. The summed E-state index contributed by atoms with van der Waals surface area (Å²) in [7, 11) is 0. The number of nitrogens with zero attached hydrogens (tertiary/aromatic N) is 1. The first-order valence-corrected chi connectivity index (χ1v) is 7.58. The number of aryl methyl sites for hydroxylation is 2. The van der Waals surface area contributed by atoms with Crippen molar-refractivity contribution in [3.8, 4) is 0 Å². The Balaban J connectivity index is 2.06. The van der Waals surface area contributed by atoms with E-state index in [-0.39, 0.29) is 0 Å². The molecule has 1 N–H and O–H groups in total. The highest BCUT2D eigenvalue weighted by Gasteiger charge is 2.20. The van der Waals surface area contributed by atoms with Gasteiger partial charge in [-0.25, -0.2) is 0 Å². The van der Waals surface area contributed by atoms with Crippen molar-refractivity contribution >= 4 is 0 Å². The van der Waals surface area contributed by atoms with Crippen LogP contribution >= 0.6 is 0 Å². The highest BCUT2D eigenvalue weighted by molar-refractivity contribution is 5.30. The van der Waals surface area contributed by atoms with E-state index in [4.69, 9.17) is 0 Å². The van der Waals surface area contributed by atoms with Gasteiger partial charge in [-0.3, -0.25) is 4.90 Å². The monoisotopic (exact) mass is 260 g/mol. The third-order valence-corrected chi connectivity index (χ3v) is 4.22. The molecule has 1 aromatic rings. The van der Waals surface area contributed by atoms with Crippen molar-refractivity contribution in [1.29, 1.82) is 0 Å². The maximum absolute atomic E-state index is 3.68. The Morgan fingerprint density at radius 3 is 2.84 bits per heavy atom. The third kappa shape index (κ3) is 4.05. The Morgan fingerprint density at radius 2 is 2.11 bits per heavy atom. The SMILES string of the molecule is Cc1ccc(C)c(CN2CCCNC(C(C)C)C2)c1. The van der Waals surface area contributed by atoms with Crippen LogP contribution in [-0.2, 0) is 6.54 Å². The summed E-state index contributed by atoms with van der Waals surface area (Å²) < 4.78 is 0. The van der Waals surface area contributed by atoms with E-state index in [2.05, 4.69) is 56.1 Å². The molecule has 0 bridgehead atoms. The molecule has 106 valence electrons. The predicted molar refractivity (Wildman–Crippen MR) is 82.4 cm³/mol. The number of benzene rings is 1. The Morgan fingerprint density at radius 1 is 1.32 bits per heavy atom. The third-order valence-electron chi connectivity index (χ3n) is 4.22. The van der Waals surface area contributed by atoms with E-state index >= 15 is 0 Å². The molecule has 1 unspecified atom stereocenters. The smallest absolute Gasteiger partial charge is 0.0237 e.